The summed E-state index contributed by atoms with van der Waals surface area (Å²) in [6, 6.07) is 10.8. The van der Waals surface area contributed by atoms with E-state index in [2.05, 4.69) is 63.3 Å². The van der Waals surface area contributed by atoms with Crippen molar-refractivity contribution >= 4 is 27.4 Å². The van der Waals surface area contributed by atoms with Crippen LogP contribution in [-0.4, -0.2) is 74.5 Å². The van der Waals surface area contributed by atoms with Crippen LogP contribution in [0.2, 0.25) is 0 Å². The number of aliphatic hydroxyl groups is 1. The first kappa shape index (κ1) is 25.9. The lowest BCUT2D eigenvalue weighted by molar-refractivity contribution is -0.143. The zero-order valence-electron chi connectivity index (χ0n) is 24.7. The van der Waals surface area contributed by atoms with Gasteiger partial charge in [-0.3, -0.25) is 9.88 Å². The van der Waals surface area contributed by atoms with Crippen molar-refractivity contribution in [3.63, 3.8) is 0 Å². The summed E-state index contributed by atoms with van der Waals surface area (Å²) < 4.78 is 7.08. The molecular formula is C36H44N4O2. The smallest absolute Gasteiger partial charge is 0.123 e. The molecule has 6 heteroatoms. The minimum absolute atomic E-state index is 0.0470. The van der Waals surface area contributed by atoms with Gasteiger partial charge in [0.25, 0.3) is 0 Å². The van der Waals surface area contributed by atoms with Crippen molar-refractivity contribution in [3.05, 3.63) is 60.5 Å². The number of fused-ring (bicyclic) bond motifs is 5. The number of aromatic nitrogens is 2. The van der Waals surface area contributed by atoms with Gasteiger partial charge in [-0.1, -0.05) is 36.8 Å². The van der Waals surface area contributed by atoms with E-state index in [0.29, 0.717) is 18.4 Å². The number of rotatable bonds is 1. The summed E-state index contributed by atoms with van der Waals surface area (Å²) in [5.41, 5.74) is 3.25. The third kappa shape index (κ3) is 3.68. The van der Waals surface area contributed by atoms with Gasteiger partial charge >= 0.3 is 0 Å². The van der Waals surface area contributed by atoms with E-state index in [1.165, 1.54) is 35.6 Å². The van der Waals surface area contributed by atoms with Gasteiger partial charge in [0.1, 0.15) is 11.3 Å². The quantitative estimate of drug-likeness (QED) is 0.334. The fourth-order valence-electron chi connectivity index (χ4n) is 10.5. The second-order valence-corrected chi connectivity index (χ2v) is 14.4. The molecule has 0 radical (unpaired) electrons. The minimum Gasteiger partial charge on any atom is -0.384 e. The Labute approximate surface area is 248 Å². The van der Waals surface area contributed by atoms with Crippen LogP contribution in [0.15, 0.2) is 54.8 Å². The van der Waals surface area contributed by atoms with E-state index in [0.717, 1.165) is 87.9 Å². The van der Waals surface area contributed by atoms with Gasteiger partial charge in [0, 0.05) is 41.0 Å². The van der Waals surface area contributed by atoms with E-state index >= 15 is 0 Å². The molecule has 220 valence electrons. The van der Waals surface area contributed by atoms with Gasteiger partial charge in [-0.15, -0.1) is 0 Å². The van der Waals surface area contributed by atoms with E-state index in [-0.39, 0.29) is 17.2 Å². The van der Waals surface area contributed by atoms with Crippen molar-refractivity contribution < 1.29 is 9.84 Å². The first-order valence-corrected chi connectivity index (χ1v) is 16.7. The molecule has 6 aliphatic rings. The Kier molecular flexibility index (Phi) is 5.86. The molecule has 42 heavy (non-hydrogen) atoms. The Balaban J connectivity index is 1.28. The Morgan fingerprint density at radius 3 is 2.88 bits per heavy atom. The highest BCUT2D eigenvalue weighted by molar-refractivity contribution is 6.09. The number of hydrogen-bond donors (Lipinski definition) is 2. The van der Waals surface area contributed by atoms with Crippen LogP contribution in [0, 0.1) is 11.3 Å². The second kappa shape index (κ2) is 9.49. The van der Waals surface area contributed by atoms with Crippen LogP contribution in [-0.2, 0) is 4.74 Å². The summed E-state index contributed by atoms with van der Waals surface area (Å²) >= 11 is 0. The third-order valence-electron chi connectivity index (χ3n) is 12.0. The van der Waals surface area contributed by atoms with Crippen molar-refractivity contribution in [2.45, 2.75) is 94.1 Å². The minimum atomic E-state index is -0.982. The number of aromatic amines is 1. The fourth-order valence-corrected chi connectivity index (χ4v) is 10.5. The molecule has 1 aromatic carbocycles. The van der Waals surface area contributed by atoms with Crippen molar-refractivity contribution in [2.24, 2.45) is 11.3 Å². The zero-order valence-corrected chi connectivity index (χ0v) is 24.7. The molecule has 4 saturated heterocycles. The highest BCUT2D eigenvalue weighted by Gasteiger charge is 2.71. The van der Waals surface area contributed by atoms with E-state index in [9.17, 15) is 5.11 Å². The first-order valence-electron chi connectivity index (χ1n) is 16.7. The maximum atomic E-state index is 13.2. The maximum Gasteiger partial charge on any atom is 0.123 e. The normalized spacial score (nSPS) is 40.9. The highest BCUT2D eigenvalue weighted by atomic mass is 16.5. The molecule has 3 aromatic rings. The molecule has 1 aliphatic carbocycles. The molecule has 2 spiro atoms. The number of pyridine rings is 1. The Hall–Kier alpha value is -2.51. The molecule has 4 fully saturated rings. The number of benzene rings is 1. The second-order valence-electron chi connectivity index (χ2n) is 14.4. The molecule has 4 unspecified atom stereocenters. The van der Waals surface area contributed by atoms with Crippen LogP contribution in [0.3, 0.4) is 0 Å². The predicted molar refractivity (Wildman–Crippen MR) is 167 cm³/mol. The Morgan fingerprint density at radius 2 is 1.90 bits per heavy atom. The lowest BCUT2D eigenvalue weighted by atomic mass is 9.54. The van der Waals surface area contributed by atoms with Gasteiger partial charge < -0.3 is 19.7 Å². The van der Waals surface area contributed by atoms with Crippen molar-refractivity contribution in [1.82, 2.24) is 19.8 Å². The van der Waals surface area contributed by atoms with Crippen LogP contribution in [0.25, 0.3) is 27.4 Å². The predicted octanol–water partition coefficient (Wildman–Crippen LogP) is 6.42. The number of allylic oxidation sites excluding steroid dienone is 2. The lowest BCUT2D eigenvalue weighted by Gasteiger charge is -2.57. The van der Waals surface area contributed by atoms with Gasteiger partial charge in [0.15, 0.2) is 0 Å². The standard InChI is InChI=1S/C36H44N4O2/c41-35-16-7-3-1-2-4-8-19-39-21-15-29(34(24-39)23-36-17-13-25(42-36)10-9-20-40(36)33(34)35)28(22-35)31-32-27(14-18-37-31)26-11-5-6-12-30(26)38-32/h3,5-7,11-12,14,18,22,25,29,33,38,41H,1-2,4,8-10,13,15-17,19-21,23-24H2/b7-3+/t25?,29-,33?,34-,35+,36?/m0/s1. The summed E-state index contributed by atoms with van der Waals surface area (Å²) in [5.74, 6) is 0.335. The molecule has 5 aliphatic heterocycles. The highest BCUT2D eigenvalue weighted by Crippen LogP contribution is 2.66. The molecule has 0 amide bonds. The zero-order chi connectivity index (χ0) is 27.9. The Bertz CT molecular complexity index is 1590. The Morgan fingerprint density at radius 1 is 0.952 bits per heavy atom. The van der Waals surface area contributed by atoms with E-state index in [1.54, 1.807) is 0 Å². The molecule has 5 bridgehead atoms. The summed E-state index contributed by atoms with van der Waals surface area (Å²) in [4.78, 5) is 14.3. The first-order chi connectivity index (χ1) is 20.6. The third-order valence-corrected chi connectivity index (χ3v) is 12.0. The number of nitrogens with one attached hydrogen (secondary N) is 1. The van der Waals surface area contributed by atoms with Gasteiger partial charge in [-0.2, -0.15) is 0 Å². The molecule has 9 rings (SSSR count). The number of para-hydroxylation sites is 1. The van der Waals surface area contributed by atoms with Gasteiger partial charge in [0.2, 0.25) is 0 Å². The SMILES string of the molecule is O[C@@]12C=C(c3nccc4c3[nH]c3ccccc34)[C@@H]3CCN(CCCCC/C=C/C1)C[C@@]31CC34CCC(CCCN3C12)O4. The molecule has 2 N–H and O–H groups in total. The average Bonchev–Trinajstić information content (AvgIpc) is 3.61. The summed E-state index contributed by atoms with van der Waals surface area (Å²) in [6.45, 7) is 4.35. The molecular weight excluding hydrogens is 520 g/mol. The van der Waals surface area contributed by atoms with Gasteiger partial charge in [0.05, 0.1) is 23.4 Å². The summed E-state index contributed by atoms with van der Waals surface area (Å²) in [5, 5.41) is 15.6. The molecule has 7 heterocycles. The maximum absolute atomic E-state index is 13.2. The number of hydrogen-bond acceptors (Lipinski definition) is 5. The summed E-state index contributed by atoms with van der Waals surface area (Å²) in [6.07, 6.45) is 21.5. The van der Waals surface area contributed by atoms with Gasteiger partial charge in [-0.05, 0) is 107 Å². The number of nitrogens with zero attached hydrogens (tertiary/aromatic N) is 3. The number of piperidine rings is 1. The van der Waals surface area contributed by atoms with Crippen molar-refractivity contribution in [2.75, 3.05) is 26.2 Å². The van der Waals surface area contributed by atoms with Crippen LogP contribution in [0.4, 0.5) is 0 Å². The largest absolute Gasteiger partial charge is 0.384 e. The van der Waals surface area contributed by atoms with Crippen molar-refractivity contribution in [3.8, 4) is 0 Å². The van der Waals surface area contributed by atoms with E-state index in [1.807, 2.05) is 6.20 Å². The van der Waals surface area contributed by atoms with E-state index < -0.39 is 5.60 Å². The molecule has 7 atom stereocenters. The summed E-state index contributed by atoms with van der Waals surface area (Å²) in [7, 11) is 0. The fraction of sp³-hybridized carbons (Fsp3) is 0.583. The molecule has 2 aromatic heterocycles. The van der Waals surface area contributed by atoms with Crippen LogP contribution in [0.5, 0.6) is 0 Å². The molecule has 6 nitrogen and oxygen atoms in total. The lowest BCUT2D eigenvalue weighted by Crippen LogP contribution is -2.66. The van der Waals surface area contributed by atoms with E-state index in [4.69, 9.17) is 9.72 Å². The van der Waals surface area contributed by atoms with Crippen LogP contribution in [0.1, 0.15) is 76.3 Å². The van der Waals surface area contributed by atoms with Gasteiger partial charge in [-0.25, -0.2) is 0 Å². The topological polar surface area (TPSA) is 64.6 Å². The van der Waals surface area contributed by atoms with Crippen LogP contribution >= 0.6 is 0 Å². The number of H-pyrrole nitrogens is 1. The van der Waals surface area contributed by atoms with Crippen molar-refractivity contribution in [1.29, 1.82) is 0 Å². The monoisotopic (exact) mass is 564 g/mol. The number of ether oxygens (including phenoxy) is 1. The van der Waals surface area contributed by atoms with Crippen LogP contribution < -0.4 is 0 Å². The average molecular weight is 565 g/mol. The molecule has 0 saturated carbocycles.